The highest BCUT2D eigenvalue weighted by molar-refractivity contribution is 5.76. The summed E-state index contributed by atoms with van der Waals surface area (Å²) in [4.78, 5) is 15.8. The molecule has 5 nitrogen and oxygen atoms in total. The maximum absolute atomic E-state index is 11.7. The van der Waals surface area contributed by atoms with Gasteiger partial charge >= 0.3 is 0 Å². The van der Waals surface area contributed by atoms with E-state index in [0.717, 1.165) is 5.56 Å². The van der Waals surface area contributed by atoms with Gasteiger partial charge in [0.1, 0.15) is 0 Å². The van der Waals surface area contributed by atoms with Crippen molar-refractivity contribution in [2.45, 2.75) is 32.9 Å². The van der Waals surface area contributed by atoms with Crippen LogP contribution in [0.25, 0.3) is 11.3 Å². The van der Waals surface area contributed by atoms with Gasteiger partial charge in [-0.3, -0.25) is 4.79 Å². The predicted molar refractivity (Wildman–Crippen MR) is 79.2 cm³/mol. The first-order valence-electron chi connectivity index (χ1n) is 7.01. The van der Waals surface area contributed by atoms with Crippen LogP contribution >= 0.6 is 0 Å². The first kappa shape index (κ1) is 15.3. The zero-order valence-corrected chi connectivity index (χ0v) is 12.2. The Hall–Kier alpha value is -2.14. The molecule has 21 heavy (non-hydrogen) atoms. The molecular formula is C16H20N2O3. The van der Waals surface area contributed by atoms with Crippen molar-refractivity contribution in [3.8, 4) is 11.3 Å². The van der Waals surface area contributed by atoms with Gasteiger partial charge in [-0.2, -0.15) is 0 Å². The lowest BCUT2D eigenvalue weighted by Gasteiger charge is -2.13. The number of aromatic nitrogens is 1. The van der Waals surface area contributed by atoms with E-state index in [0.29, 0.717) is 11.7 Å². The molecule has 2 rings (SSSR count). The van der Waals surface area contributed by atoms with E-state index in [2.05, 4.69) is 10.3 Å². The highest BCUT2D eigenvalue weighted by Gasteiger charge is 2.14. The Morgan fingerprint density at radius 1 is 1.33 bits per heavy atom. The number of aliphatic hydroxyl groups excluding tert-OH is 1. The number of hydrogen-bond acceptors (Lipinski definition) is 4. The standard InChI is InChI=1S/C16H20N2O3/c1-11(2)13(19)8-15(20)17-10-16-18-9-14(21-16)12-6-4-3-5-7-12/h3-7,9,11,13,19H,8,10H2,1-2H3,(H,17,20). The molecule has 1 amide bonds. The van der Waals surface area contributed by atoms with Crippen LogP contribution in [-0.4, -0.2) is 22.1 Å². The van der Waals surface area contributed by atoms with Crippen LogP contribution in [0.2, 0.25) is 0 Å². The Morgan fingerprint density at radius 2 is 2.05 bits per heavy atom. The molecule has 1 atom stereocenters. The van der Waals surface area contributed by atoms with Crippen LogP contribution in [0.15, 0.2) is 40.9 Å². The summed E-state index contributed by atoms with van der Waals surface area (Å²) >= 11 is 0. The minimum absolute atomic E-state index is 0.0576. The first-order valence-corrected chi connectivity index (χ1v) is 7.01. The van der Waals surface area contributed by atoms with Crippen LogP contribution in [0.1, 0.15) is 26.2 Å². The number of rotatable bonds is 6. The van der Waals surface area contributed by atoms with E-state index in [1.54, 1.807) is 6.20 Å². The average molecular weight is 288 g/mol. The highest BCUT2D eigenvalue weighted by atomic mass is 16.4. The van der Waals surface area contributed by atoms with Gasteiger partial charge in [-0.1, -0.05) is 44.2 Å². The fourth-order valence-electron chi connectivity index (χ4n) is 1.80. The van der Waals surface area contributed by atoms with E-state index >= 15 is 0 Å². The Kier molecular flexibility index (Phi) is 5.11. The van der Waals surface area contributed by atoms with Gasteiger partial charge in [0.05, 0.1) is 25.3 Å². The topological polar surface area (TPSA) is 75.4 Å². The molecular weight excluding hydrogens is 268 g/mol. The van der Waals surface area contributed by atoms with Crippen LogP contribution < -0.4 is 5.32 Å². The number of benzene rings is 1. The van der Waals surface area contributed by atoms with Crippen molar-refractivity contribution < 1.29 is 14.3 Å². The summed E-state index contributed by atoms with van der Waals surface area (Å²) in [6.45, 7) is 3.97. The third kappa shape index (κ3) is 4.43. The number of carbonyl (C=O) groups excluding carboxylic acids is 1. The Labute approximate surface area is 124 Å². The third-order valence-electron chi connectivity index (χ3n) is 3.21. The van der Waals surface area contributed by atoms with Crippen LogP contribution in [0, 0.1) is 5.92 Å². The lowest BCUT2D eigenvalue weighted by Crippen LogP contribution is -2.29. The quantitative estimate of drug-likeness (QED) is 0.855. The maximum atomic E-state index is 11.7. The van der Waals surface area contributed by atoms with E-state index in [9.17, 15) is 9.90 Å². The molecule has 0 radical (unpaired) electrons. The van der Waals surface area contributed by atoms with Gasteiger partial charge in [0, 0.05) is 5.56 Å². The number of carbonyl (C=O) groups is 1. The number of oxazole rings is 1. The van der Waals surface area contributed by atoms with Gasteiger partial charge in [-0.25, -0.2) is 4.98 Å². The number of nitrogens with zero attached hydrogens (tertiary/aromatic N) is 1. The highest BCUT2D eigenvalue weighted by Crippen LogP contribution is 2.19. The molecule has 0 fully saturated rings. The Balaban J connectivity index is 1.87. The minimum Gasteiger partial charge on any atom is -0.439 e. The van der Waals surface area contributed by atoms with Crippen LogP contribution in [0.4, 0.5) is 0 Å². The minimum atomic E-state index is -0.630. The molecule has 0 saturated heterocycles. The lowest BCUT2D eigenvalue weighted by atomic mass is 10.0. The van der Waals surface area contributed by atoms with Crippen LogP contribution in [-0.2, 0) is 11.3 Å². The van der Waals surface area contributed by atoms with E-state index < -0.39 is 6.10 Å². The SMILES string of the molecule is CC(C)C(O)CC(=O)NCc1ncc(-c2ccccc2)o1. The van der Waals surface area contributed by atoms with E-state index in [4.69, 9.17) is 4.42 Å². The summed E-state index contributed by atoms with van der Waals surface area (Å²) in [5.74, 6) is 0.959. The number of aliphatic hydroxyl groups is 1. The molecule has 1 aromatic heterocycles. The summed E-state index contributed by atoms with van der Waals surface area (Å²) in [5.41, 5.74) is 0.942. The fraction of sp³-hybridized carbons (Fsp3) is 0.375. The van der Waals surface area contributed by atoms with Crippen molar-refractivity contribution in [1.82, 2.24) is 10.3 Å². The van der Waals surface area contributed by atoms with Crippen molar-refractivity contribution in [2.24, 2.45) is 5.92 Å². The molecule has 0 bridgehead atoms. The van der Waals surface area contributed by atoms with Gasteiger partial charge < -0.3 is 14.8 Å². The normalized spacial score (nSPS) is 12.4. The van der Waals surface area contributed by atoms with Gasteiger partial charge in [0.25, 0.3) is 0 Å². The Morgan fingerprint density at radius 3 is 2.71 bits per heavy atom. The van der Waals surface area contributed by atoms with Gasteiger partial charge in [0.2, 0.25) is 11.8 Å². The smallest absolute Gasteiger partial charge is 0.223 e. The Bertz CT molecular complexity index is 578. The molecule has 0 aliphatic carbocycles. The molecule has 2 aromatic rings. The molecule has 0 saturated carbocycles. The van der Waals surface area contributed by atoms with Crippen LogP contribution in [0.5, 0.6) is 0 Å². The summed E-state index contributed by atoms with van der Waals surface area (Å²) in [7, 11) is 0. The second-order valence-electron chi connectivity index (χ2n) is 5.28. The summed E-state index contributed by atoms with van der Waals surface area (Å²) in [6.07, 6.45) is 1.10. The van der Waals surface area contributed by atoms with E-state index in [1.807, 2.05) is 44.2 Å². The van der Waals surface area contributed by atoms with Crippen LogP contribution in [0.3, 0.4) is 0 Å². The molecule has 5 heteroatoms. The van der Waals surface area contributed by atoms with Gasteiger partial charge in [-0.05, 0) is 5.92 Å². The van der Waals surface area contributed by atoms with Crippen molar-refractivity contribution in [3.05, 3.63) is 42.4 Å². The van der Waals surface area contributed by atoms with Crippen molar-refractivity contribution >= 4 is 5.91 Å². The monoisotopic (exact) mass is 288 g/mol. The number of amides is 1. The molecule has 2 N–H and O–H groups in total. The predicted octanol–water partition coefficient (Wildman–Crippen LogP) is 2.36. The zero-order valence-electron chi connectivity index (χ0n) is 12.2. The molecule has 1 aromatic carbocycles. The number of hydrogen-bond donors (Lipinski definition) is 2. The third-order valence-corrected chi connectivity index (χ3v) is 3.21. The molecule has 1 unspecified atom stereocenters. The van der Waals surface area contributed by atoms with E-state index in [1.165, 1.54) is 0 Å². The maximum Gasteiger partial charge on any atom is 0.223 e. The molecule has 112 valence electrons. The van der Waals surface area contributed by atoms with Crippen molar-refractivity contribution in [2.75, 3.05) is 0 Å². The second kappa shape index (κ2) is 7.04. The largest absolute Gasteiger partial charge is 0.439 e. The molecule has 0 aliphatic rings. The fourth-order valence-corrected chi connectivity index (χ4v) is 1.80. The first-order chi connectivity index (χ1) is 10.1. The van der Waals surface area contributed by atoms with Crippen molar-refractivity contribution in [3.63, 3.8) is 0 Å². The average Bonchev–Trinajstić information content (AvgIpc) is 2.95. The molecule has 1 heterocycles. The molecule has 0 aliphatic heterocycles. The summed E-state index contributed by atoms with van der Waals surface area (Å²) < 4.78 is 5.58. The van der Waals surface area contributed by atoms with Gasteiger partial charge in [-0.15, -0.1) is 0 Å². The molecule has 0 spiro atoms. The van der Waals surface area contributed by atoms with Gasteiger partial charge in [0.15, 0.2) is 5.76 Å². The number of nitrogens with one attached hydrogen (secondary N) is 1. The second-order valence-corrected chi connectivity index (χ2v) is 5.28. The summed E-state index contributed by atoms with van der Waals surface area (Å²) in [6, 6.07) is 9.64. The lowest BCUT2D eigenvalue weighted by molar-refractivity contribution is -0.123. The zero-order chi connectivity index (χ0) is 15.2. The van der Waals surface area contributed by atoms with Crippen molar-refractivity contribution in [1.29, 1.82) is 0 Å². The van der Waals surface area contributed by atoms with E-state index in [-0.39, 0.29) is 24.8 Å². The summed E-state index contributed by atoms with van der Waals surface area (Å²) in [5, 5.41) is 12.3.